The van der Waals surface area contributed by atoms with Crippen LogP contribution in [0.3, 0.4) is 0 Å². The van der Waals surface area contributed by atoms with Crippen LogP contribution in [0.15, 0.2) is 84.9 Å². The predicted octanol–water partition coefficient (Wildman–Crippen LogP) is 7.07. The Kier molecular flexibility index (Phi) is 8.78. The first-order valence-corrected chi connectivity index (χ1v) is 9.59. The SMILES string of the molecule is CC(C)(C)c1ccccc1.CC(C)(C)c1ccccc1.Oc1cccc(O)c1. The zero-order valence-corrected chi connectivity index (χ0v) is 18.0. The van der Waals surface area contributed by atoms with Crippen molar-refractivity contribution < 1.29 is 10.2 Å². The summed E-state index contributed by atoms with van der Waals surface area (Å²) in [5.41, 5.74) is 3.38. The highest BCUT2D eigenvalue weighted by Gasteiger charge is 2.12. The molecule has 0 saturated heterocycles. The van der Waals surface area contributed by atoms with Crippen LogP contribution in [0.1, 0.15) is 52.7 Å². The van der Waals surface area contributed by atoms with Crippen molar-refractivity contribution >= 4 is 0 Å². The lowest BCUT2D eigenvalue weighted by Gasteiger charge is -2.18. The smallest absolute Gasteiger partial charge is 0.119 e. The van der Waals surface area contributed by atoms with Gasteiger partial charge < -0.3 is 10.2 Å². The number of phenolic OH excluding ortho intramolecular Hbond substituents is 2. The molecule has 0 atom stereocenters. The molecule has 28 heavy (non-hydrogen) atoms. The second-order valence-electron chi connectivity index (χ2n) is 8.75. The molecule has 3 aromatic carbocycles. The summed E-state index contributed by atoms with van der Waals surface area (Å²) in [5.74, 6) is 0.176. The van der Waals surface area contributed by atoms with Crippen LogP contribution in [0.25, 0.3) is 0 Å². The highest BCUT2D eigenvalue weighted by atomic mass is 16.3. The molecule has 0 spiro atoms. The van der Waals surface area contributed by atoms with Gasteiger partial charge in [0.05, 0.1) is 0 Å². The van der Waals surface area contributed by atoms with Crippen molar-refractivity contribution in [1.29, 1.82) is 0 Å². The van der Waals surface area contributed by atoms with Crippen LogP contribution in [-0.4, -0.2) is 10.2 Å². The molecule has 0 radical (unpaired) electrons. The molecule has 0 aliphatic rings. The Bertz CT molecular complexity index is 728. The molecule has 0 bridgehead atoms. The van der Waals surface area contributed by atoms with Crippen molar-refractivity contribution in [3.63, 3.8) is 0 Å². The lowest BCUT2D eigenvalue weighted by molar-refractivity contribution is 0.450. The van der Waals surface area contributed by atoms with Crippen LogP contribution in [0.5, 0.6) is 11.5 Å². The first-order valence-electron chi connectivity index (χ1n) is 9.59. The molecule has 3 aromatic rings. The minimum Gasteiger partial charge on any atom is -0.508 e. The third-order valence-corrected chi connectivity index (χ3v) is 4.11. The molecule has 2 heteroatoms. The Hall–Kier alpha value is -2.74. The molecule has 0 saturated carbocycles. The van der Waals surface area contributed by atoms with Gasteiger partial charge in [-0.1, -0.05) is 108 Å². The number of phenols is 2. The van der Waals surface area contributed by atoms with Crippen LogP contribution in [0.2, 0.25) is 0 Å². The molecule has 2 nitrogen and oxygen atoms in total. The number of benzene rings is 3. The van der Waals surface area contributed by atoms with E-state index in [0.29, 0.717) is 10.8 Å². The normalized spacial score (nSPS) is 10.8. The van der Waals surface area contributed by atoms with Crippen LogP contribution in [0.4, 0.5) is 0 Å². The molecule has 0 fully saturated rings. The summed E-state index contributed by atoms with van der Waals surface area (Å²) in [7, 11) is 0. The standard InChI is InChI=1S/2C10H14.C6H6O2/c2*1-10(2,3)9-7-5-4-6-8-9;7-5-2-1-3-6(8)4-5/h2*4-8H,1-3H3;1-4,7-8H. The quantitative estimate of drug-likeness (QED) is 0.439. The fourth-order valence-electron chi connectivity index (χ4n) is 2.37. The molecule has 3 rings (SSSR count). The topological polar surface area (TPSA) is 40.5 Å². The van der Waals surface area contributed by atoms with E-state index >= 15 is 0 Å². The van der Waals surface area contributed by atoms with Crippen molar-refractivity contribution in [2.75, 3.05) is 0 Å². The maximum Gasteiger partial charge on any atom is 0.119 e. The van der Waals surface area contributed by atoms with Gasteiger partial charge in [0, 0.05) is 6.07 Å². The van der Waals surface area contributed by atoms with E-state index in [2.05, 4.69) is 102 Å². The molecule has 150 valence electrons. The Morgan fingerprint density at radius 2 is 0.786 bits per heavy atom. The van der Waals surface area contributed by atoms with E-state index < -0.39 is 0 Å². The Labute approximate surface area is 170 Å². The highest BCUT2D eigenvalue weighted by molar-refractivity contribution is 5.30. The Morgan fingerprint density at radius 1 is 0.464 bits per heavy atom. The van der Waals surface area contributed by atoms with E-state index in [1.165, 1.54) is 29.3 Å². The predicted molar refractivity (Wildman–Crippen MR) is 120 cm³/mol. The summed E-state index contributed by atoms with van der Waals surface area (Å²) in [6.07, 6.45) is 0. The maximum atomic E-state index is 8.65. The third-order valence-electron chi connectivity index (χ3n) is 4.11. The summed E-state index contributed by atoms with van der Waals surface area (Å²) in [4.78, 5) is 0. The first kappa shape index (κ1) is 23.3. The molecular weight excluding hydrogens is 344 g/mol. The van der Waals surface area contributed by atoms with E-state index in [9.17, 15) is 0 Å². The molecule has 0 amide bonds. The molecule has 2 N–H and O–H groups in total. The number of hydrogen-bond acceptors (Lipinski definition) is 2. The second kappa shape index (κ2) is 10.6. The van der Waals surface area contributed by atoms with E-state index in [0.717, 1.165) is 0 Å². The maximum absolute atomic E-state index is 8.65. The van der Waals surface area contributed by atoms with Gasteiger partial charge in [-0.15, -0.1) is 0 Å². The van der Waals surface area contributed by atoms with Crippen molar-refractivity contribution in [3.8, 4) is 11.5 Å². The number of rotatable bonds is 0. The van der Waals surface area contributed by atoms with E-state index in [1.807, 2.05) is 0 Å². The second-order valence-corrected chi connectivity index (χ2v) is 8.75. The molecular formula is C26H34O2. The fraction of sp³-hybridized carbons (Fsp3) is 0.308. The highest BCUT2D eigenvalue weighted by Crippen LogP contribution is 2.21. The molecule has 0 aromatic heterocycles. The zero-order valence-electron chi connectivity index (χ0n) is 18.0. The van der Waals surface area contributed by atoms with Crippen molar-refractivity contribution in [2.45, 2.75) is 52.4 Å². The number of hydrogen-bond donors (Lipinski definition) is 2. The van der Waals surface area contributed by atoms with E-state index in [-0.39, 0.29) is 11.5 Å². The largest absolute Gasteiger partial charge is 0.508 e. The van der Waals surface area contributed by atoms with Gasteiger partial charge in [-0.3, -0.25) is 0 Å². The number of aromatic hydroxyl groups is 2. The summed E-state index contributed by atoms with van der Waals surface area (Å²) >= 11 is 0. The Balaban J connectivity index is 0.000000212. The van der Waals surface area contributed by atoms with Crippen LogP contribution in [-0.2, 0) is 10.8 Å². The minimum absolute atomic E-state index is 0.0880. The molecule has 0 aliphatic carbocycles. The minimum atomic E-state index is 0.0880. The first-order chi connectivity index (χ1) is 13.0. The summed E-state index contributed by atoms with van der Waals surface area (Å²) in [6, 6.07) is 27.0. The molecule has 0 aliphatic heterocycles. The van der Waals surface area contributed by atoms with Gasteiger partial charge in [0.2, 0.25) is 0 Å². The summed E-state index contributed by atoms with van der Waals surface area (Å²) in [6.45, 7) is 13.3. The van der Waals surface area contributed by atoms with Gasteiger partial charge in [-0.25, -0.2) is 0 Å². The van der Waals surface area contributed by atoms with Crippen molar-refractivity contribution in [3.05, 3.63) is 96.1 Å². The van der Waals surface area contributed by atoms with E-state index in [1.54, 1.807) is 6.07 Å². The molecule has 0 heterocycles. The van der Waals surface area contributed by atoms with E-state index in [4.69, 9.17) is 10.2 Å². The lowest BCUT2D eigenvalue weighted by atomic mass is 9.87. The van der Waals surface area contributed by atoms with Crippen LogP contribution >= 0.6 is 0 Å². The lowest BCUT2D eigenvalue weighted by Crippen LogP contribution is -2.10. The van der Waals surface area contributed by atoms with Gasteiger partial charge in [0.1, 0.15) is 11.5 Å². The van der Waals surface area contributed by atoms with Crippen molar-refractivity contribution in [1.82, 2.24) is 0 Å². The van der Waals surface area contributed by atoms with Gasteiger partial charge in [0.15, 0.2) is 0 Å². The zero-order chi connectivity index (χ0) is 21.2. The summed E-state index contributed by atoms with van der Waals surface area (Å²) < 4.78 is 0. The van der Waals surface area contributed by atoms with Gasteiger partial charge >= 0.3 is 0 Å². The van der Waals surface area contributed by atoms with Gasteiger partial charge in [-0.2, -0.15) is 0 Å². The van der Waals surface area contributed by atoms with Crippen LogP contribution in [0, 0.1) is 0 Å². The average molecular weight is 379 g/mol. The van der Waals surface area contributed by atoms with Gasteiger partial charge in [-0.05, 0) is 34.1 Å². The third kappa shape index (κ3) is 9.27. The monoisotopic (exact) mass is 378 g/mol. The van der Waals surface area contributed by atoms with Gasteiger partial charge in [0.25, 0.3) is 0 Å². The summed E-state index contributed by atoms with van der Waals surface area (Å²) in [5, 5.41) is 17.3. The van der Waals surface area contributed by atoms with Crippen LogP contribution < -0.4 is 0 Å². The average Bonchev–Trinajstić information content (AvgIpc) is 2.63. The molecule has 0 unspecified atom stereocenters. The fourth-order valence-corrected chi connectivity index (χ4v) is 2.37. The Morgan fingerprint density at radius 3 is 0.964 bits per heavy atom. The van der Waals surface area contributed by atoms with Crippen molar-refractivity contribution in [2.24, 2.45) is 0 Å².